The molecule has 2 rings (SSSR count). The number of nitrogens with one attached hydrogen (secondary N) is 1. The summed E-state index contributed by atoms with van der Waals surface area (Å²) in [5.41, 5.74) is 5.83. The van der Waals surface area contributed by atoms with Crippen LogP contribution in [0.25, 0.3) is 0 Å². The highest BCUT2D eigenvalue weighted by molar-refractivity contribution is 7.13. The predicted molar refractivity (Wildman–Crippen MR) is 60.7 cm³/mol. The minimum atomic E-state index is -0.276. The number of aromatic nitrogens is 1. The van der Waals surface area contributed by atoms with Crippen molar-refractivity contribution in [1.82, 2.24) is 4.98 Å². The van der Waals surface area contributed by atoms with Gasteiger partial charge in [-0.05, 0) is 12.8 Å². The Morgan fingerprint density at radius 3 is 2.93 bits per heavy atom. The van der Waals surface area contributed by atoms with Crippen molar-refractivity contribution in [3.63, 3.8) is 0 Å². The highest BCUT2D eigenvalue weighted by Crippen LogP contribution is 2.30. The number of amides is 1. The van der Waals surface area contributed by atoms with Crippen molar-refractivity contribution in [2.24, 2.45) is 5.73 Å². The Hall–Kier alpha value is -0.940. The van der Waals surface area contributed by atoms with Gasteiger partial charge in [0.2, 0.25) is 5.91 Å². The van der Waals surface area contributed by atoms with Gasteiger partial charge in [0, 0.05) is 23.5 Å². The molecule has 0 spiro atoms. The second-order valence-corrected chi connectivity index (χ2v) is 5.03. The molecule has 1 fully saturated rings. The summed E-state index contributed by atoms with van der Waals surface area (Å²) in [4.78, 5) is 15.6. The van der Waals surface area contributed by atoms with E-state index in [1.165, 1.54) is 11.3 Å². The third-order valence-electron chi connectivity index (χ3n) is 2.79. The summed E-state index contributed by atoms with van der Waals surface area (Å²) in [6.45, 7) is 0. The van der Waals surface area contributed by atoms with Gasteiger partial charge in [0.05, 0.1) is 0 Å². The van der Waals surface area contributed by atoms with Crippen molar-refractivity contribution in [2.75, 3.05) is 5.32 Å². The lowest BCUT2D eigenvalue weighted by Crippen LogP contribution is -2.40. The number of nitrogens with two attached hydrogens (primary N) is 1. The van der Waals surface area contributed by atoms with Crippen LogP contribution in [0.5, 0.6) is 0 Å². The van der Waals surface area contributed by atoms with Crippen molar-refractivity contribution in [3.05, 3.63) is 11.6 Å². The van der Waals surface area contributed by atoms with Crippen molar-refractivity contribution >= 4 is 22.4 Å². The fourth-order valence-corrected chi connectivity index (χ4v) is 2.57. The lowest BCUT2D eigenvalue weighted by atomic mass is 9.94. The van der Waals surface area contributed by atoms with Crippen LogP contribution in [0, 0.1) is 0 Å². The Kier molecular flexibility index (Phi) is 3.02. The zero-order chi connectivity index (χ0) is 10.7. The van der Waals surface area contributed by atoms with E-state index in [0.717, 1.165) is 25.7 Å². The first-order valence-electron chi connectivity index (χ1n) is 5.16. The molecular formula is C10H15N3OS. The minimum absolute atomic E-state index is 0.0191. The molecule has 5 heteroatoms. The topological polar surface area (TPSA) is 68.0 Å². The van der Waals surface area contributed by atoms with Gasteiger partial charge in [0.25, 0.3) is 0 Å². The van der Waals surface area contributed by atoms with Crippen LogP contribution in [0.15, 0.2) is 11.6 Å². The molecule has 1 saturated carbocycles. The summed E-state index contributed by atoms with van der Waals surface area (Å²) >= 11 is 1.42. The van der Waals surface area contributed by atoms with Gasteiger partial charge in [-0.2, -0.15) is 0 Å². The molecule has 1 heterocycles. The molecule has 15 heavy (non-hydrogen) atoms. The van der Waals surface area contributed by atoms with Gasteiger partial charge in [-0.15, -0.1) is 11.3 Å². The SMILES string of the molecule is NC1(CC(=O)Nc2nccs2)CCCC1. The summed E-state index contributed by atoms with van der Waals surface area (Å²) in [5, 5.41) is 5.25. The standard InChI is InChI=1S/C10H15N3OS/c11-10(3-1-2-4-10)7-8(14)13-9-12-5-6-15-9/h5-6H,1-4,7,11H2,(H,12,13,14). The largest absolute Gasteiger partial charge is 0.325 e. The average molecular weight is 225 g/mol. The Balaban J connectivity index is 1.87. The number of nitrogens with zero attached hydrogens (tertiary/aromatic N) is 1. The molecule has 1 aromatic heterocycles. The molecular weight excluding hydrogens is 210 g/mol. The first kappa shape index (κ1) is 10.6. The van der Waals surface area contributed by atoms with Crippen LogP contribution in [-0.2, 0) is 4.79 Å². The van der Waals surface area contributed by atoms with Crippen LogP contribution in [0.3, 0.4) is 0 Å². The summed E-state index contributed by atoms with van der Waals surface area (Å²) < 4.78 is 0. The first-order valence-corrected chi connectivity index (χ1v) is 6.04. The van der Waals surface area contributed by atoms with E-state index < -0.39 is 0 Å². The van der Waals surface area contributed by atoms with Gasteiger partial charge in [-0.25, -0.2) is 4.98 Å². The van der Waals surface area contributed by atoms with Crippen LogP contribution in [0.2, 0.25) is 0 Å². The summed E-state index contributed by atoms with van der Waals surface area (Å²) in [6, 6.07) is 0. The quantitative estimate of drug-likeness (QED) is 0.823. The number of hydrogen-bond acceptors (Lipinski definition) is 4. The zero-order valence-electron chi connectivity index (χ0n) is 8.53. The fraction of sp³-hybridized carbons (Fsp3) is 0.600. The highest BCUT2D eigenvalue weighted by atomic mass is 32.1. The molecule has 0 bridgehead atoms. The fourth-order valence-electron chi connectivity index (χ4n) is 2.02. The lowest BCUT2D eigenvalue weighted by Gasteiger charge is -2.22. The molecule has 0 atom stereocenters. The molecule has 82 valence electrons. The summed E-state index contributed by atoms with van der Waals surface area (Å²) in [5.74, 6) is -0.0191. The average Bonchev–Trinajstić information content (AvgIpc) is 2.76. The second-order valence-electron chi connectivity index (χ2n) is 4.13. The van der Waals surface area contributed by atoms with Crippen molar-refractivity contribution in [1.29, 1.82) is 0 Å². The number of carbonyl (C=O) groups excluding carboxylic acids is 1. The third-order valence-corrected chi connectivity index (χ3v) is 3.48. The monoisotopic (exact) mass is 225 g/mol. The summed E-state index contributed by atoms with van der Waals surface area (Å²) in [6.07, 6.45) is 6.28. The Morgan fingerprint density at radius 2 is 2.33 bits per heavy atom. The number of hydrogen-bond donors (Lipinski definition) is 2. The van der Waals surface area contributed by atoms with Gasteiger partial charge in [-0.3, -0.25) is 4.79 Å². The van der Waals surface area contributed by atoms with Crippen LogP contribution in [0.4, 0.5) is 5.13 Å². The Bertz CT molecular complexity index is 330. The molecule has 1 amide bonds. The van der Waals surface area contributed by atoms with Crippen molar-refractivity contribution in [3.8, 4) is 0 Å². The maximum absolute atomic E-state index is 11.6. The first-order chi connectivity index (χ1) is 7.18. The van der Waals surface area contributed by atoms with Crippen LogP contribution < -0.4 is 11.1 Å². The van der Waals surface area contributed by atoms with Crippen LogP contribution in [0.1, 0.15) is 32.1 Å². The van der Waals surface area contributed by atoms with E-state index in [4.69, 9.17) is 5.73 Å². The van der Waals surface area contributed by atoms with Crippen LogP contribution >= 0.6 is 11.3 Å². The molecule has 1 aliphatic carbocycles. The minimum Gasteiger partial charge on any atom is -0.325 e. The molecule has 0 radical (unpaired) electrons. The van der Waals surface area contributed by atoms with Gasteiger partial charge in [-0.1, -0.05) is 12.8 Å². The van der Waals surface area contributed by atoms with E-state index in [1.807, 2.05) is 5.38 Å². The molecule has 1 aliphatic rings. The molecule has 3 N–H and O–H groups in total. The Labute approximate surface area is 92.9 Å². The van der Waals surface area contributed by atoms with E-state index in [0.29, 0.717) is 11.6 Å². The predicted octanol–water partition coefficient (Wildman–Crippen LogP) is 1.74. The van der Waals surface area contributed by atoms with E-state index in [9.17, 15) is 4.79 Å². The molecule has 1 aromatic rings. The molecule has 0 saturated heterocycles. The number of carbonyl (C=O) groups is 1. The van der Waals surface area contributed by atoms with Gasteiger partial charge in [0.15, 0.2) is 5.13 Å². The molecule has 0 unspecified atom stereocenters. The molecule has 4 nitrogen and oxygen atoms in total. The Morgan fingerprint density at radius 1 is 1.60 bits per heavy atom. The van der Waals surface area contributed by atoms with E-state index in [-0.39, 0.29) is 11.4 Å². The maximum Gasteiger partial charge on any atom is 0.228 e. The third kappa shape index (κ3) is 2.76. The summed E-state index contributed by atoms with van der Waals surface area (Å²) in [7, 11) is 0. The lowest BCUT2D eigenvalue weighted by molar-refractivity contribution is -0.117. The van der Waals surface area contributed by atoms with E-state index in [2.05, 4.69) is 10.3 Å². The normalized spacial score (nSPS) is 19.0. The second kappa shape index (κ2) is 4.28. The number of rotatable bonds is 3. The van der Waals surface area contributed by atoms with E-state index in [1.54, 1.807) is 6.20 Å². The molecule has 0 aromatic carbocycles. The van der Waals surface area contributed by atoms with Crippen LogP contribution in [-0.4, -0.2) is 16.4 Å². The van der Waals surface area contributed by atoms with Crippen molar-refractivity contribution in [2.45, 2.75) is 37.6 Å². The van der Waals surface area contributed by atoms with Gasteiger partial charge < -0.3 is 11.1 Å². The number of thiazole rings is 1. The van der Waals surface area contributed by atoms with Gasteiger partial charge >= 0.3 is 0 Å². The number of anilines is 1. The van der Waals surface area contributed by atoms with E-state index >= 15 is 0 Å². The zero-order valence-corrected chi connectivity index (χ0v) is 9.35. The highest BCUT2D eigenvalue weighted by Gasteiger charge is 2.31. The molecule has 0 aliphatic heterocycles. The smallest absolute Gasteiger partial charge is 0.228 e. The van der Waals surface area contributed by atoms with Crippen molar-refractivity contribution < 1.29 is 4.79 Å². The van der Waals surface area contributed by atoms with Gasteiger partial charge in [0.1, 0.15) is 0 Å². The maximum atomic E-state index is 11.6.